The molecule has 0 spiro atoms. The zero-order valence-corrected chi connectivity index (χ0v) is 17.3. The predicted octanol–water partition coefficient (Wildman–Crippen LogP) is 4.50. The summed E-state index contributed by atoms with van der Waals surface area (Å²) in [7, 11) is 0. The van der Waals surface area contributed by atoms with Crippen LogP contribution in [-0.4, -0.2) is 18.5 Å². The van der Waals surface area contributed by atoms with Gasteiger partial charge in [0.15, 0.2) is 0 Å². The van der Waals surface area contributed by atoms with Crippen LogP contribution in [0.4, 0.5) is 5.69 Å². The van der Waals surface area contributed by atoms with Crippen LogP contribution in [-0.2, 0) is 24.2 Å². The molecule has 1 aliphatic rings. The van der Waals surface area contributed by atoms with Gasteiger partial charge in [-0.15, -0.1) is 0 Å². The number of hydrogen-bond acceptors (Lipinski definition) is 3. The molecule has 0 radical (unpaired) electrons. The van der Waals surface area contributed by atoms with Crippen molar-refractivity contribution in [2.45, 2.75) is 25.4 Å². The SMILES string of the molecule is N#Cc1ccc2c(c1)C[C@H](NC(=O)Cc1ccccc1)CN2Cc1cccc(Cl)c1. The Hall–Kier alpha value is -3.29. The number of anilines is 1. The van der Waals surface area contributed by atoms with Crippen molar-refractivity contribution < 1.29 is 4.79 Å². The molecular weight excluding hydrogens is 394 g/mol. The fourth-order valence-corrected chi connectivity index (χ4v) is 4.20. The molecule has 0 aliphatic carbocycles. The minimum absolute atomic E-state index is 0.00814. The van der Waals surface area contributed by atoms with Crippen LogP contribution in [0.15, 0.2) is 72.8 Å². The molecule has 1 aliphatic heterocycles. The van der Waals surface area contributed by atoms with Gasteiger partial charge in [0.25, 0.3) is 0 Å². The van der Waals surface area contributed by atoms with E-state index in [1.54, 1.807) is 0 Å². The average Bonchev–Trinajstić information content (AvgIpc) is 2.74. The van der Waals surface area contributed by atoms with E-state index >= 15 is 0 Å². The maximum Gasteiger partial charge on any atom is 0.224 e. The lowest BCUT2D eigenvalue weighted by Crippen LogP contribution is -2.48. The van der Waals surface area contributed by atoms with Gasteiger partial charge in [0.1, 0.15) is 0 Å². The summed E-state index contributed by atoms with van der Waals surface area (Å²) in [5.74, 6) is 0.00814. The van der Waals surface area contributed by atoms with Gasteiger partial charge in [0, 0.05) is 23.8 Å². The number of fused-ring (bicyclic) bond motifs is 1. The Morgan fingerprint density at radius 1 is 1.07 bits per heavy atom. The molecular formula is C25H22ClN3O. The smallest absolute Gasteiger partial charge is 0.224 e. The molecule has 1 N–H and O–H groups in total. The molecule has 1 atom stereocenters. The highest BCUT2D eigenvalue weighted by atomic mass is 35.5. The molecule has 30 heavy (non-hydrogen) atoms. The van der Waals surface area contributed by atoms with E-state index in [1.165, 1.54) is 0 Å². The molecule has 1 amide bonds. The Morgan fingerprint density at radius 2 is 1.87 bits per heavy atom. The van der Waals surface area contributed by atoms with Crippen molar-refractivity contribution in [1.82, 2.24) is 5.32 Å². The van der Waals surface area contributed by atoms with Crippen LogP contribution in [0.5, 0.6) is 0 Å². The summed E-state index contributed by atoms with van der Waals surface area (Å²) < 4.78 is 0. The van der Waals surface area contributed by atoms with Gasteiger partial charge in [-0.05, 0) is 53.4 Å². The summed E-state index contributed by atoms with van der Waals surface area (Å²) in [6.07, 6.45) is 1.06. The van der Waals surface area contributed by atoms with E-state index in [1.807, 2.05) is 72.8 Å². The third-order valence-electron chi connectivity index (χ3n) is 5.29. The third-order valence-corrected chi connectivity index (χ3v) is 5.53. The first-order chi connectivity index (χ1) is 14.6. The minimum atomic E-state index is -0.0261. The first-order valence-corrected chi connectivity index (χ1v) is 10.3. The molecule has 0 fully saturated rings. The second-order valence-corrected chi connectivity index (χ2v) is 8.03. The van der Waals surface area contributed by atoms with Crippen molar-refractivity contribution >= 4 is 23.2 Å². The molecule has 0 bridgehead atoms. The largest absolute Gasteiger partial charge is 0.365 e. The van der Waals surface area contributed by atoms with Crippen LogP contribution in [0.3, 0.4) is 0 Å². The van der Waals surface area contributed by atoms with Gasteiger partial charge < -0.3 is 10.2 Å². The number of amides is 1. The van der Waals surface area contributed by atoms with Crippen LogP contribution in [0.1, 0.15) is 22.3 Å². The Bertz CT molecular complexity index is 1090. The van der Waals surface area contributed by atoms with E-state index in [2.05, 4.69) is 16.3 Å². The summed E-state index contributed by atoms with van der Waals surface area (Å²) in [5.41, 5.74) is 4.91. The fraction of sp³-hybridized carbons (Fsp3) is 0.200. The van der Waals surface area contributed by atoms with Gasteiger partial charge in [-0.25, -0.2) is 0 Å². The van der Waals surface area contributed by atoms with Gasteiger partial charge in [-0.2, -0.15) is 5.26 Å². The van der Waals surface area contributed by atoms with Gasteiger partial charge in [-0.1, -0.05) is 54.1 Å². The Labute approximate surface area is 181 Å². The minimum Gasteiger partial charge on any atom is -0.365 e. The molecule has 0 unspecified atom stereocenters. The number of halogens is 1. The zero-order chi connectivity index (χ0) is 20.9. The normalized spacial score (nSPS) is 15.2. The lowest BCUT2D eigenvalue weighted by molar-refractivity contribution is -0.121. The second kappa shape index (κ2) is 9.02. The summed E-state index contributed by atoms with van der Waals surface area (Å²) in [5, 5.41) is 13.2. The number of hydrogen-bond donors (Lipinski definition) is 1. The van der Waals surface area contributed by atoms with Crippen LogP contribution in [0.2, 0.25) is 5.02 Å². The van der Waals surface area contributed by atoms with Crippen LogP contribution < -0.4 is 10.2 Å². The first-order valence-electron chi connectivity index (χ1n) is 9.96. The van der Waals surface area contributed by atoms with E-state index in [0.717, 1.165) is 22.4 Å². The Balaban J connectivity index is 1.54. The maximum atomic E-state index is 12.6. The summed E-state index contributed by atoms with van der Waals surface area (Å²) >= 11 is 6.17. The number of carbonyl (C=O) groups is 1. The highest BCUT2D eigenvalue weighted by Gasteiger charge is 2.26. The molecule has 0 aromatic heterocycles. The van der Waals surface area contributed by atoms with Crippen molar-refractivity contribution in [1.29, 1.82) is 5.26 Å². The average molecular weight is 416 g/mol. The number of nitrogens with zero attached hydrogens (tertiary/aromatic N) is 2. The zero-order valence-electron chi connectivity index (χ0n) is 16.5. The molecule has 1 heterocycles. The topological polar surface area (TPSA) is 56.1 Å². The van der Waals surface area contributed by atoms with Crippen molar-refractivity contribution in [3.63, 3.8) is 0 Å². The van der Waals surface area contributed by atoms with Gasteiger partial charge in [0.05, 0.1) is 24.1 Å². The maximum absolute atomic E-state index is 12.6. The lowest BCUT2D eigenvalue weighted by atomic mass is 9.95. The third kappa shape index (κ3) is 4.82. The van der Waals surface area contributed by atoms with Crippen molar-refractivity contribution in [2.75, 3.05) is 11.4 Å². The van der Waals surface area contributed by atoms with Crippen LogP contribution in [0, 0.1) is 11.3 Å². The van der Waals surface area contributed by atoms with Gasteiger partial charge in [-0.3, -0.25) is 4.79 Å². The standard InChI is InChI=1S/C25H22ClN3O/c26-22-8-4-7-20(12-22)16-29-17-23(14-21-11-19(15-27)9-10-24(21)29)28-25(30)13-18-5-2-1-3-6-18/h1-12,23H,13-14,16-17H2,(H,28,30)/t23-/m0/s1. The molecule has 4 nitrogen and oxygen atoms in total. The van der Waals surface area contributed by atoms with E-state index in [9.17, 15) is 10.1 Å². The molecule has 4 rings (SSSR count). The van der Waals surface area contributed by atoms with E-state index in [0.29, 0.717) is 36.5 Å². The Kier molecular flexibility index (Phi) is 6.02. The number of nitrogens with one attached hydrogen (secondary N) is 1. The van der Waals surface area contributed by atoms with E-state index < -0.39 is 0 Å². The molecule has 0 saturated carbocycles. The molecule has 150 valence electrons. The fourth-order valence-electron chi connectivity index (χ4n) is 3.98. The monoisotopic (exact) mass is 415 g/mol. The second-order valence-electron chi connectivity index (χ2n) is 7.60. The number of carbonyl (C=O) groups excluding carboxylic acids is 1. The number of nitriles is 1. The summed E-state index contributed by atoms with van der Waals surface area (Å²) in [4.78, 5) is 14.9. The number of benzene rings is 3. The Morgan fingerprint density at radius 3 is 2.63 bits per heavy atom. The predicted molar refractivity (Wildman–Crippen MR) is 119 cm³/mol. The summed E-state index contributed by atoms with van der Waals surface area (Å²) in [6.45, 7) is 1.39. The van der Waals surface area contributed by atoms with E-state index in [-0.39, 0.29) is 11.9 Å². The first kappa shape index (κ1) is 20.0. The molecule has 5 heteroatoms. The highest BCUT2D eigenvalue weighted by Crippen LogP contribution is 2.30. The lowest BCUT2D eigenvalue weighted by Gasteiger charge is -2.36. The quantitative estimate of drug-likeness (QED) is 0.667. The van der Waals surface area contributed by atoms with Gasteiger partial charge >= 0.3 is 0 Å². The van der Waals surface area contributed by atoms with Crippen molar-refractivity contribution in [3.05, 3.63) is 100 Å². The van der Waals surface area contributed by atoms with Crippen molar-refractivity contribution in [2.24, 2.45) is 0 Å². The van der Waals surface area contributed by atoms with Crippen LogP contribution >= 0.6 is 11.6 Å². The van der Waals surface area contributed by atoms with Crippen molar-refractivity contribution in [3.8, 4) is 6.07 Å². The van der Waals surface area contributed by atoms with Gasteiger partial charge in [0.2, 0.25) is 5.91 Å². The molecule has 3 aromatic carbocycles. The molecule has 3 aromatic rings. The highest BCUT2D eigenvalue weighted by molar-refractivity contribution is 6.30. The van der Waals surface area contributed by atoms with Crippen LogP contribution in [0.25, 0.3) is 0 Å². The number of rotatable bonds is 5. The molecule has 0 saturated heterocycles. The summed E-state index contributed by atoms with van der Waals surface area (Å²) in [6, 6.07) is 25.5. The van der Waals surface area contributed by atoms with E-state index in [4.69, 9.17) is 11.6 Å².